The van der Waals surface area contributed by atoms with Crippen molar-refractivity contribution >= 4 is 21.5 Å². The Hall–Kier alpha value is -7.15. The fourth-order valence-corrected chi connectivity index (χ4v) is 8.58. The third kappa shape index (κ3) is 5.34. The summed E-state index contributed by atoms with van der Waals surface area (Å²) in [6.07, 6.45) is 0. The van der Waals surface area contributed by atoms with Crippen molar-refractivity contribution in [1.29, 1.82) is 5.26 Å². The summed E-state index contributed by atoms with van der Waals surface area (Å²) in [6, 6.07) is 64.2. The number of rotatable bonds is 5. The van der Waals surface area contributed by atoms with Gasteiger partial charge in [-0.05, 0) is 90.3 Å². The molecule has 10 rings (SSSR count). The summed E-state index contributed by atoms with van der Waals surface area (Å²) in [5.74, 6) is 0.682. The van der Waals surface area contributed by atoms with E-state index in [1.807, 2.05) is 42.5 Å². The molecule has 8 aromatic carbocycles. The zero-order valence-corrected chi connectivity index (χ0v) is 30.6. The van der Waals surface area contributed by atoms with Gasteiger partial charge in [-0.25, -0.2) is 9.97 Å². The van der Waals surface area contributed by atoms with E-state index in [0.29, 0.717) is 11.4 Å². The molecule has 0 amide bonds. The summed E-state index contributed by atoms with van der Waals surface area (Å²) in [6.45, 7) is 4.67. The molecule has 3 heteroatoms. The van der Waals surface area contributed by atoms with E-state index in [2.05, 4.69) is 153 Å². The van der Waals surface area contributed by atoms with Crippen molar-refractivity contribution in [2.45, 2.75) is 19.3 Å². The van der Waals surface area contributed by atoms with Gasteiger partial charge in [0.2, 0.25) is 0 Å². The van der Waals surface area contributed by atoms with Gasteiger partial charge in [-0.3, -0.25) is 0 Å². The zero-order chi connectivity index (χ0) is 37.1. The lowest BCUT2D eigenvalue weighted by atomic mass is 9.81. The van der Waals surface area contributed by atoms with Gasteiger partial charge in [-0.2, -0.15) is 5.26 Å². The second-order valence-corrected chi connectivity index (χ2v) is 14.9. The minimum Gasteiger partial charge on any atom is -0.228 e. The molecule has 0 spiro atoms. The van der Waals surface area contributed by atoms with Gasteiger partial charge in [0, 0.05) is 22.1 Å². The normalized spacial score (nSPS) is 12.7. The van der Waals surface area contributed by atoms with Gasteiger partial charge in [0.1, 0.15) is 0 Å². The molecule has 1 aliphatic carbocycles. The lowest BCUT2D eigenvalue weighted by Crippen LogP contribution is -2.14. The number of hydrogen-bond donors (Lipinski definition) is 0. The van der Waals surface area contributed by atoms with E-state index in [1.165, 1.54) is 38.8 Å². The Balaban J connectivity index is 1.14. The lowest BCUT2D eigenvalue weighted by Gasteiger charge is -2.22. The van der Waals surface area contributed by atoms with Gasteiger partial charge in [0.15, 0.2) is 5.82 Å². The molecule has 0 radical (unpaired) electrons. The summed E-state index contributed by atoms with van der Waals surface area (Å²) in [4.78, 5) is 10.5. The van der Waals surface area contributed by atoms with Gasteiger partial charge < -0.3 is 0 Å². The number of hydrogen-bond acceptors (Lipinski definition) is 3. The maximum atomic E-state index is 9.38. The van der Waals surface area contributed by atoms with E-state index in [1.54, 1.807) is 0 Å². The van der Waals surface area contributed by atoms with Crippen molar-refractivity contribution in [2.24, 2.45) is 0 Å². The molecule has 9 aromatic rings. The van der Waals surface area contributed by atoms with Gasteiger partial charge in [-0.1, -0.05) is 166 Å². The third-order valence-electron chi connectivity index (χ3n) is 11.4. The van der Waals surface area contributed by atoms with Crippen LogP contribution in [0.3, 0.4) is 0 Å². The SMILES string of the molecule is CC1(C)c2ccccc2-c2ccc(-c3ccc(-c4cc(-c5ccc(-c6ccc(C#N)cc6)c6ccccc56)nc(-c5ccccc5)n4)c4ccccc34)cc21. The average molecular weight is 702 g/mol. The van der Waals surface area contributed by atoms with Crippen LogP contribution in [-0.2, 0) is 5.41 Å². The summed E-state index contributed by atoms with van der Waals surface area (Å²) < 4.78 is 0. The Labute approximate surface area is 320 Å². The number of benzene rings is 8. The van der Waals surface area contributed by atoms with Crippen molar-refractivity contribution in [1.82, 2.24) is 9.97 Å². The van der Waals surface area contributed by atoms with Crippen molar-refractivity contribution in [3.05, 3.63) is 193 Å². The maximum absolute atomic E-state index is 9.38. The fraction of sp³-hybridized carbons (Fsp3) is 0.0577. The minimum atomic E-state index is -0.0761. The second-order valence-electron chi connectivity index (χ2n) is 14.9. The molecule has 0 saturated heterocycles. The van der Waals surface area contributed by atoms with Gasteiger partial charge in [0.25, 0.3) is 0 Å². The Kier molecular flexibility index (Phi) is 7.54. The molecule has 0 saturated carbocycles. The van der Waals surface area contributed by atoms with Crippen molar-refractivity contribution in [3.8, 4) is 73.4 Å². The van der Waals surface area contributed by atoms with Crippen LogP contribution in [0.5, 0.6) is 0 Å². The molecule has 0 aliphatic heterocycles. The second kappa shape index (κ2) is 12.8. The predicted octanol–water partition coefficient (Wildman–Crippen LogP) is 13.3. The number of nitriles is 1. The van der Waals surface area contributed by atoms with Crippen LogP contribution >= 0.6 is 0 Å². The molecule has 0 N–H and O–H groups in total. The van der Waals surface area contributed by atoms with Crippen molar-refractivity contribution < 1.29 is 0 Å². The summed E-state index contributed by atoms with van der Waals surface area (Å²) >= 11 is 0. The van der Waals surface area contributed by atoms with Crippen LogP contribution in [0.15, 0.2) is 176 Å². The first-order valence-corrected chi connectivity index (χ1v) is 18.7. The maximum Gasteiger partial charge on any atom is 0.160 e. The topological polar surface area (TPSA) is 49.6 Å². The van der Waals surface area contributed by atoms with Crippen molar-refractivity contribution in [2.75, 3.05) is 0 Å². The Morgan fingerprint density at radius 2 is 0.873 bits per heavy atom. The monoisotopic (exact) mass is 701 g/mol. The Morgan fingerprint density at radius 3 is 1.49 bits per heavy atom. The summed E-state index contributed by atoms with van der Waals surface area (Å²) in [5.41, 5.74) is 15.4. The van der Waals surface area contributed by atoms with Crippen LogP contribution in [0.1, 0.15) is 30.5 Å². The molecular weight excluding hydrogens is 667 g/mol. The summed E-state index contributed by atoms with van der Waals surface area (Å²) in [5, 5.41) is 13.9. The predicted molar refractivity (Wildman–Crippen MR) is 227 cm³/mol. The highest BCUT2D eigenvalue weighted by molar-refractivity contribution is 6.07. The molecule has 0 atom stereocenters. The highest BCUT2D eigenvalue weighted by atomic mass is 14.9. The summed E-state index contributed by atoms with van der Waals surface area (Å²) in [7, 11) is 0. The molecule has 0 unspecified atom stereocenters. The molecule has 1 heterocycles. The lowest BCUT2D eigenvalue weighted by molar-refractivity contribution is 0.660. The van der Waals surface area contributed by atoms with E-state index in [0.717, 1.165) is 55.4 Å². The molecular formula is C52H35N3. The quantitative estimate of drug-likeness (QED) is 0.179. The molecule has 1 aromatic heterocycles. The molecule has 258 valence electrons. The molecule has 3 nitrogen and oxygen atoms in total. The standard InChI is InChI=1S/C52H35N3/c1-52(2)47-19-11-10-18-43(47)44-25-24-36(30-48(44)52)38-27-29-46(42-17-9-7-15-40(38)42)50-31-49(54-51(55-50)35-12-4-3-5-13-35)45-28-26-37(39-14-6-8-16-41(39)45)34-22-20-33(32-53)21-23-34/h3-31H,1-2H3. The van der Waals surface area contributed by atoms with Gasteiger partial charge in [-0.15, -0.1) is 0 Å². The van der Waals surface area contributed by atoms with Crippen LogP contribution in [0.2, 0.25) is 0 Å². The smallest absolute Gasteiger partial charge is 0.160 e. The highest BCUT2D eigenvalue weighted by Crippen LogP contribution is 2.50. The van der Waals surface area contributed by atoms with Crippen LogP contribution in [0.25, 0.3) is 88.8 Å². The van der Waals surface area contributed by atoms with E-state index in [9.17, 15) is 5.26 Å². The first kappa shape index (κ1) is 32.5. The number of aromatic nitrogens is 2. The molecule has 55 heavy (non-hydrogen) atoms. The minimum absolute atomic E-state index is 0.0761. The largest absolute Gasteiger partial charge is 0.228 e. The van der Waals surface area contributed by atoms with E-state index in [-0.39, 0.29) is 5.41 Å². The van der Waals surface area contributed by atoms with Crippen molar-refractivity contribution in [3.63, 3.8) is 0 Å². The Bertz CT molecular complexity index is 3010. The van der Waals surface area contributed by atoms with E-state index < -0.39 is 0 Å². The third-order valence-corrected chi connectivity index (χ3v) is 11.4. The van der Waals surface area contributed by atoms with Crippen LogP contribution in [-0.4, -0.2) is 9.97 Å². The first-order valence-electron chi connectivity index (χ1n) is 18.7. The number of fused-ring (bicyclic) bond motifs is 5. The average Bonchev–Trinajstić information content (AvgIpc) is 3.48. The molecule has 0 bridgehead atoms. The highest BCUT2D eigenvalue weighted by Gasteiger charge is 2.35. The zero-order valence-electron chi connectivity index (χ0n) is 30.6. The fourth-order valence-electron chi connectivity index (χ4n) is 8.58. The van der Waals surface area contributed by atoms with E-state index in [4.69, 9.17) is 9.97 Å². The van der Waals surface area contributed by atoms with Crippen LogP contribution in [0.4, 0.5) is 0 Å². The Morgan fingerprint density at radius 1 is 0.400 bits per heavy atom. The van der Waals surface area contributed by atoms with Crippen LogP contribution in [0, 0.1) is 11.3 Å². The van der Waals surface area contributed by atoms with Gasteiger partial charge >= 0.3 is 0 Å². The first-order chi connectivity index (χ1) is 27.0. The van der Waals surface area contributed by atoms with E-state index >= 15 is 0 Å². The molecule has 0 fully saturated rings. The number of nitrogens with zero attached hydrogens (tertiary/aromatic N) is 3. The van der Waals surface area contributed by atoms with Crippen LogP contribution < -0.4 is 0 Å². The van der Waals surface area contributed by atoms with Gasteiger partial charge in [0.05, 0.1) is 23.0 Å². The molecule has 1 aliphatic rings.